The molecule has 1 aliphatic rings. The summed E-state index contributed by atoms with van der Waals surface area (Å²) in [7, 11) is -4.08. The van der Waals surface area contributed by atoms with Crippen LogP contribution < -0.4 is 0 Å². The van der Waals surface area contributed by atoms with Crippen LogP contribution in [-0.2, 0) is 55.6 Å². The van der Waals surface area contributed by atoms with Crippen molar-refractivity contribution in [2.75, 3.05) is 26.0 Å². The molecule has 0 radical (unpaired) electrons. The van der Waals surface area contributed by atoms with Crippen molar-refractivity contribution >= 4 is 16.0 Å². The first kappa shape index (κ1) is 34.5. The van der Waals surface area contributed by atoms with Gasteiger partial charge in [-0.05, 0) is 54.3 Å². The van der Waals surface area contributed by atoms with Gasteiger partial charge in [0.25, 0.3) is 10.1 Å². The lowest BCUT2D eigenvalue weighted by Crippen LogP contribution is -2.36. The van der Waals surface area contributed by atoms with E-state index in [-0.39, 0.29) is 36.7 Å². The summed E-state index contributed by atoms with van der Waals surface area (Å²) in [5.41, 5.74) is -10.0. The number of benzene rings is 2. The lowest BCUT2D eigenvalue weighted by atomic mass is 9.76. The van der Waals surface area contributed by atoms with Crippen LogP contribution in [0.2, 0.25) is 0 Å². The van der Waals surface area contributed by atoms with Crippen molar-refractivity contribution in [1.82, 2.24) is 4.90 Å². The smallest absolute Gasteiger partial charge is 0.341 e. The van der Waals surface area contributed by atoms with Crippen molar-refractivity contribution < 1.29 is 70.1 Å². The molecule has 1 heterocycles. The van der Waals surface area contributed by atoms with Gasteiger partial charge in [-0.2, -0.15) is 61.1 Å². The molecule has 0 N–H and O–H groups in total. The fourth-order valence-corrected chi connectivity index (χ4v) is 5.21. The molecular weight excluding hydrogens is 638 g/mol. The Kier molecular flexibility index (Phi) is 9.20. The summed E-state index contributed by atoms with van der Waals surface area (Å²) < 4.78 is 188. The molecule has 1 atom stereocenters. The predicted molar refractivity (Wildman–Crippen MR) is 125 cm³/mol. The number of likely N-dealkylation sites (tertiary alicyclic amines) is 1. The molecule has 240 valence electrons. The zero-order valence-corrected chi connectivity index (χ0v) is 22.5. The summed E-state index contributed by atoms with van der Waals surface area (Å²) in [4.78, 5) is 13.9. The van der Waals surface area contributed by atoms with Gasteiger partial charge < -0.3 is 4.90 Å². The molecule has 0 saturated carbocycles. The van der Waals surface area contributed by atoms with E-state index >= 15 is 0 Å². The summed E-state index contributed by atoms with van der Waals surface area (Å²) in [6.07, 6.45) is -22.2. The van der Waals surface area contributed by atoms with Gasteiger partial charge >= 0.3 is 24.7 Å². The van der Waals surface area contributed by atoms with E-state index in [0.717, 1.165) is 11.0 Å². The Hall–Kier alpha value is -3.02. The molecule has 0 aliphatic carbocycles. The van der Waals surface area contributed by atoms with Gasteiger partial charge in [-0.1, -0.05) is 6.07 Å². The van der Waals surface area contributed by atoms with E-state index in [1.165, 1.54) is 0 Å². The maximum absolute atomic E-state index is 13.6. The van der Waals surface area contributed by atoms with Gasteiger partial charge in [-0.3, -0.25) is 8.98 Å². The third-order valence-corrected chi connectivity index (χ3v) is 7.42. The summed E-state index contributed by atoms with van der Waals surface area (Å²) in [5.74, 6) is -1.03. The van der Waals surface area contributed by atoms with Gasteiger partial charge in [0.1, 0.15) is 0 Å². The summed E-state index contributed by atoms with van der Waals surface area (Å²) in [5, 5.41) is 0. The van der Waals surface area contributed by atoms with Gasteiger partial charge in [0.15, 0.2) is 0 Å². The second-order valence-corrected chi connectivity index (χ2v) is 11.6. The van der Waals surface area contributed by atoms with E-state index in [4.69, 9.17) is 0 Å². The Bertz CT molecular complexity index is 1430. The van der Waals surface area contributed by atoms with Crippen LogP contribution in [0.4, 0.5) is 52.7 Å². The monoisotopic (exact) mass is 659 g/mol. The van der Waals surface area contributed by atoms with Crippen molar-refractivity contribution in [2.45, 2.75) is 49.4 Å². The highest BCUT2D eigenvalue weighted by molar-refractivity contribution is 7.85. The first-order valence-corrected chi connectivity index (χ1v) is 13.8. The van der Waals surface area contributed by atoms with Crippen molar-refractivity contribution in [2.24, 2.45) is 0 Å². The second kappa shape index (κ2) is 11.5. The van der Waals surface area contributed by atoms with Gasteiger partial charge in [0, 0.05) is 18.5 Å². The van der Waals surface area contributed by atoms with E-state index in [9.17, 15) is 65.9 Å². The zero-order chi connectivity index (χ0) is 32.8. The van der Waals surface area contributed by atoms with Crippen LogP contribution >= 0.6 is 0 Å². The molecule has 0 bridgehead atoms. The van der Waals surface area contributed by atoms with Crippen molar-refractivity contribution in [3.8, 4) is 0 Å². The lowest BCUT2D eigenvalue weighted by molar-refractivity contribution is -0.162. The number of alkyl halides is 12. The molecule has 0 spiro atoms. The highest BCUT2D eigenvalue weighted by Gasteiger charge is 2.47. The second-order valence-electron chi connectivity index (χ2n) is 9.97. The summed E-state index contributed by atoms with van der Waals surface area (Å²) in [6.45, 7) is -1.52. The topological polar surface area (TPSA) is 63.7 Å². The molecule has 18 heteroatoms. The van der Waals surface area contributed by atoms with E-state index in [0.29, 0.717) is 18.4 Å². The summed E-state index contributed by atoms with van der Waals surface area (Å²) >= 11 is 0. The van der Waals surface area contributed by atoms with Crippen LogP contribution in [0.1, 0.15) is 46.2 Å². The van der Waals surface area contributed by atoms with Crippen molar-refractivity contribution in [1.29, 1.82) is 0 Å². The van der Waals surface area contributed by atoms with E-state index < -0.39 is 100.0 Å². The number of carbonyl (C=O) groups excluding carboxylic acids is 1. The maximum atomic E-state index is 13.6. The molecule has 1 saturated heterocycles. The standard InChI is InChI=1S/C25H21F12NO4S/c1-43(40,41)42-7-5-21(15-2-3-18(24(32,33)34)19(12-15)25(35,36)37)4-6-38(13-21)20(39)10-14-8-16(22(26,27)28)11-17(9-14)23(29,30)31/h2-3,8-9,11-12H,4-7,10,13H2,1H3/t21-/m1/s1. The minimum Gasteiger partial charge on any atom is -0.341 e. The van der Waals surface area contributed by atoms with Gasteiger partial charge in [0.05, 0.1) is 41.5 Å². The largest absolute Gasteiger partial charge is 0.417 e. The van der Waals surface area contributed by atoms with Crippen molar-refractivity contribution in [3.63, 3.8) is 0 Å². The van der Waals surface area contributed by atoms with E-state index in [1.807, 2.05) is 0 Å². The first-order valence-electron chi connectivity index (χ1n) is 12.0. The molecule has 2 aromatic rings. The van der Waals surface area contributed by atoms with Crippen LogP contribution in [0.25, 0.3) is 0 Å². The third-order valence-electron chi connectivity index (χ3n) is 6.83. The van der Waals surface area contributed by atoms with E-state index in [1.54, 1.807) is 0 Å². The van der Waals surface area contributed by atoms with Crippen LogP contribution in [0.3, 0.4) is 0 Å². The normalized spacial score (nSPS) is 18.8. The Morgan fingerprint density at radius 2 is 1.35 bits per heavy atom. The molecule has 0 aromatic heterocycles. The average Bonchev–Trinajstić information content (AvgIpc) is 3.26. The SMILES string of the molecule is CS(=O)(=O)OCC[C@]1(c2ccc(C(F)(F)F)c(C(F)(F)F)c2)CCN(C(=O)Cc2cc(C(F)(F)F)cc(C(F)(F)F)c2)C1. The minimum atomic E-state index is -5.47. The Labute approximate surface area is 236 Å². The van der Waals surface area contributed by atoms with Crippen LogP contribution in [0.15, 0.2) is 36.4 Å². The fraction of sp³-hybridized carbons (Fsp3) is 0.480. The van der Waals surface area contributed by atoms with Gasteiger partial charge in [-0.15, -0.1) is 0 Å². The van der Waals surface area contributed by atoms with Gasteiger partial charge in [0.2, 0.25) is 5.91 Å². The lowest BCUT2D eigenvalue weighted by Gasteiger charge is -2.31. The number of hydrogen-bond donors (Lipinski definition) is 0. The molecule has 3 rings (SSSR count). The average molecular weight is 659 g/mol. The molecular formula is C25H21F12NO4S. The molecule has 43 heavy (non-hydrogen) atoms. The first-order chi connectivity index (χ1) is 19.3. The van der Waals surface area contributed by atoms with Crippen LogP contribution in [-0.4, -0.2) is 45.2 Å². The number of carbonyl (C=O) groups is 1. The van der Waals surface area contributed by atoms with Crippen LogP contribution in [0, 0.1) is 0 Å². The highest BCUT2D eigenvalue weighted by Crippen LogP contribution is 2.45. The quantitative estimate of drug-likeness (QED) is 0.241. The summed E-state index contributed by atoms with van der Waals surface area (Å²) in [6, 6.07) is 1.67. The number of rotatable bonds is 7. The number of hydrogen-bond acceptors (Lipinski definition) is 4. The fourth-order valence-electron chi connectivity index (χ4n) is 4.82. The Morgan fingerprint density at radius 1 is 0.814 bits per heavy atom. The molecule has 1 amide bonds. The molecule has 2 aromatic carbocycles. The van der Waals surface area contributed by atoms with Crippen LogP contribution in [0.5, 0.6) is 0 Å². The number of halogens is 12. The van der Waals surface area contributed by atoms with Gasteiger partial charge in [-0.25, -0.2) is 0 Å². The molecule has 0 unspecified atom stereocenters. The third kappa shape index (κ3) is 8.55. The minimum absolute atomic E-state index is 0.139. The van der Waals surface area contributed by atoms with Crippen molar-refractivity contribution in [3.05, 3.63) is 69.8 Å². The number of nitrogens with zero attached hydrogens (tertiary/aromatic N) is 1. The Morgan fingerprint density at radius 3 is 1.81 bits per heavy atom. The number of amides is 1. The molecule has 5 nitrogen and oxygen atoms in total. The van der Waals surface area contributed by atoms with E-state index in [2.05, 4.69) is 4.18 Å². The zero-order valence-electron chi connectivity index (χ0n) is 21.7. The molecule has 1 aliphatic heterocycles. The molecule has 1 fully saturated rings. The highest BCUT2D eigenvalue weighted by atomic mass is 32.2. The Balaban J connectivity index is 2.00. The predicted octanol–water partition coefficient (Wildman–Crippen LogP) is 6.84. The maximum Gasteiger partial charge on any atom is 0.417 e.